The fraction of sp³-hybridized carbons (Fsp3) is 0.686. The molecular formula is C35H51FN2O8. The molecule has 0 spiro atoms. The quantitative estimate of drug-likeness (QED) is 0.260. The minimum absolute atomic E-state index is 0.00887. The molecule has 0 aromatic heterocycles. The van der Waals surface area contributed by atoms with Crippen molar-refractivity contribution in [3.63, 3.8) is 0 Å². The number of benzene rings is 1. The Bertz CT molecular complexity index is 1300. The maximum atomic E-state index is 16.1. The maximum Gasteiger partial charge on any atom is 0.351 e. The van der Waals surface area contributed by atoms with Crippen LogP contribution in [0.2, 0.25) is 0 Å². The molecule has 2 saturated heterocycles. The number of oxime groups is 1. The number of alkyl halides is 1. The molecule has 46 heavy (non-hydrogen) atoms. The Balaban J connectivity index is 2.21. The Kier molecular flexibility index (Phi) is 12.4. The first-order chi connectivity index (χ1) is 21.5. The van der Waals surface area contributed by atoms with E-state index in [2.05, 4.69) is 10.1 Å². The number of carbonyl (C=O) groups excluding carboxylic acids is 3. The Morgan fingerprint density at radius 2 is 1.74 bits per heavy atom. The van der Waals surface area contributed by atoms with Gasteiger partial charge in [-0.05, 0) is 51.0 Å². The van der Waals surface area contributed by atoms with E-state index in [0.29, 0.717) is 11.4 Å². The molecule has 0 saturated carbocycles. The first-order valence-corrected chi connectivity index (χ1v) is 16.2. The van der Waals surface area contributed by atoms with Gasteiger partial charge < -0.3 is 24.2 Å². The molecule has 0 radical (unpaired) electrons. The molecule has 0 unspecified atom stereocenters. The highest BCUT2D eigenvalue weighted by Gasteiger charge is 2.54. The largest absolute Gasteiger partial charge is 0.457 e. The molecule has 2 aliphatic rings. The van der Waals surface area contributed by atoms with Gasteiger partial charge in [0.15, 0.2) is 5.78 Å². The second-order valence-electron chi connectivity index (χ2n) is 13.5. The van der Waals surface area contributed by atoms with Crippen molar-refractivity contribution in [2.75, 3.05) is 13.2 Å². The molecule has 1 amide bonds. The van der Waals surface area contributed by atoms with E-state index < -0.39 is 70.4 Å². The number of aliphatic hydroxyl groups is 1. The number of aliphatic imine (C=N–C) groups is 1. The lowest BCUT2D eigenvalue weighted by Crippen LogP contribution is -2.59. The van der Waals surface area contributed by atoms with E-state index in [0.717, 1.165) is 12.5 Å². The number of cyclic esters (lactones) is 1. The third kappa shape index (κ3) is 8.46. The van der Waals surface area contributed by atoms with Crippen molar-refractivity contribution >= 4 is 29.1 Å². The van der Waals surface area contributed by atoms with Crippen LogP contribution in [0.25, 0.3) is 0 Å². The van der Waals surface area contributed by atoms with Crippen LogP contribution in [0.4, 0.5) is 4.39 Å². The van der Waals surface area contributed by atoms with Crippen molar-refractivity contribution < 1.29 is 42.9 Å². The van der Waals surface area contributed by atoms with Crippen LogP contribution in [0.3, 0.4) is 0 Å². The van der Waals surface area contributed by atoms with E-state index in [1.54, 1.807) is 27.7 Å². The van der Waals surface area contributed by atoms with Gasteiger partial charge in [0.1, 0.15) is 18.3 Å². The number of fused-ring (bicyclic) bond motifs is 5. The number of ketones is 1. The van der Waals surface area contributed by atoms with Crippen molar-refractivity contribution in [1.29, 1.82) is 0 Å². The highest BCUT2D eigenvalue weighted by atomic mass is 19.1. The number of ether oxygens (including phenoxy) is 3. The van der Waals surface area contributed by atoms with Gasteiger partial charge in [0.25, 0.3) is 5.67 Å². The number of halogens is 1. The number of amides is 1. The van der Waals surface area contributed by atoms with E-state index in [4.69, 9.17) is 19.0 Å². The lowest BCUT2D eigenvalue weighted by molar-refractivity contribution is -0.200. The summed E-state index contributed by atoms with van der Waals surface area (Å²) in [5, 5.41) is 16.5. The minimum Gasteiger partial charge on any atom is -0.457 e. The normalized spacial score (nSPS) is 38.7. The zero-order chi connectivity index (χ0) is 34.4. The first kappa shape index (κ1) is 37.4. The average Bonchev–Trinajstić information content (AvgIpc) is 3.00. The fourth-order valence-electron chi connectivity index (χ4n) is 6.70. The van der Waals surface area contributed by atoms with Gasteiger partial charge in [-0.3, -0.25) is 9.59 Å². The molecule has 2 aliphatic heterocycles. The molecule has 11 heteroatoms. The van der Waals surface area contributed by atoms with E-state index >= 15 is 4.39 Å². The van der Waals surface area contributed by atoms with Gasteiger partial charge in [-0.15, -0.1) is 0 Å². The van der Waals surface area contributed by atoms with E-state index in [1.807, 2.05) is 44.2 Å². The number of esters is 1. The number of hydrogen-bond acceptors (Lipinski definition) is 9. The predicted molar refractivity (Wildman–Crippen MR) is 172 cm³/mol. The van der Waals surface area contributed by atoms with Gasteiger partial charge in [0.05, 0.1) is 30.6 Å². The summed E-state index contributed by atoms with van der Waals surface area (Å²) in [6.45, 7) is 14.6. The molecule has 2 bridgehead atoms. The third-order valence-electron chi connectivity index (χ3n) is 9.77. The van der Waals surface area contributed by atoms with Gasteiger partial charge in [-0.2, -0.15) is 0 Å². The number of nitrogens with zero attached hydrogens (tertiary/aromatic N) is 2. The van der Waals surface area contributed by atoms with Gasteiger partial charge in [-0.25, -0.2) is 14.2 Å². The summed E-state index contributed by atoms with van der Waals surface area (Å²) < 4.78 is 34.7. The molecule has 9 atom stereocenters. The SMILES string of the molecule is CC[C@H]1OC(=O)[C@@](C)(F)C(=O)[C@H](C)[C@@H](C)[C@@]2(C)C[C@@H](C)/C(=N\C(C)=O)[C@H](C)[C@@H](OCC/C(=N\OCc3ccccc3)CO2)[C@]1(C)O. The summed E-state index contributed by atoms with van der Waals surface area (Å²) in [5.41, 5.74) is -4.00. The molecule has 1 N–H and O–H groups in total. The van der Waals surface area contributed by atoms with Gasteiger partial charge >= 0.3 is 5.97 Å². The molecular weight excluding hydrogens is 595 g/mol. The fourth-order valence-corrected chi connectivity index (χ4v) is 6.70. The average molecular weight is 647 g/mol. The third-order valence-corrected chi connectivity index (χ3v) is 9.77. The summed E-state index contributed by atoms with van der Waals surface area (Å²) >= 11 is 0. The molecule has 2 heterocycles. The first-order valence-electron chi connectivity index (χ1n) is 16.2. The van der Waals surface area contributed by atoms with Gasteiger partial charge in [-0.1, -0.05) is 70.1 Å². The highest BCUT2D eigenvalue weighted by molar-refractivity contribution is 6.07. The summed E-state index contributed by atoms with van der Waals surface area (Å²) in [6, 6.07) is 9.57. The summed E-state index contributed by atoms with van der Waals surface area (Å²) in [5.74, 6) is -5.37. The van der Waals surface area contributed by atoms with Gasteiger partial charge in [0, 0.05) is 30.9 Å². The molecule has 3 rings (SSSR count). The highest BCUT2D eigenvalue weighted by Crippen LogP contribution is 2.40. The number of Topliss-reactive ketones (excluding diaryl/α,β-unsaturated/α-hetero) is 1. The monoisotopic (exact) mass is 646 g/mol. The van der Waals surface area contributed by atoms with Crippen molar-refractivity contribution in [3.05, 3.63) is 35.9 Å². The molecule has 1 aromatic carbocycles. The summed E-state index contributed by atoms with van der Waals surface area (Å²) in [4.78, 5) is 49.5. The van der Waals surface area contributed by atoms with Crippen LogP contribution in [0, 0.1) is 23.7 Å². The van der Waals surface area contributed by atoms with Crippen molar-refractivity contribution in [3.8, 4) is 0 Å². The summed E-state index contributed by atoms with van der Waals surface area (Å²) in [7, 11) is 0. The molecule has 0 aliphatic carbocycles. The van der Waals surface area contributed by atoms with E-state index in [-0.39, 0.29) is 39.1 Å². The lowest BCUT2D eigenvalue weighted by Gasteiger charge is -2.45. The smallest absolute Gasteiger partial charge is 0.351 e. The second kappa shape index (κ2) is 15.3. The van der Waals surface area contributed by atoms with Crippen LogP contribution in [-0.4, -0.2) is 76.5 Å². The second-order valence-corrected chi connectivity index (χ2v) is 13.5. The van der Waals surface area contributed by atoms with Crippen LogP contribution < -0.4 is 0 Å². The molecule has 1 aromatic rings. The number of carbonyl (C=O) groups is 3. The van der Waals surface area contributed by atoms with Crippen LogP contribution in [0.15, 0.2) is 40.5 Å². The van der Waals surface area contributed by atoms with Crippen molar-refractivity contribution in [2.24, 2.45) is 33.8 Å². The van der Waals surface area contributed by atoms with Crippen molar-refractivity contribution in [1.82, 2.24) is 0 Å². The van der Waals surface area contributed by atoms with Crippen LogP contribution in [0.5, 0.6) is 0 Å². The molecule has 2 fully saturated rings. The number of hydrogen-bond donors (Lipinski definition) is 1. The van der Waals surface area contributed by atoms with E-state index in [9.17, 15) is 19.5 Å². The Morgan fingerprint density at radius 3 is 2.35 bits per heavy atom. The van der Waals surface area contributed by atoms with E-state index in [1.165, 1.54) is 13.8 Å². The Hall–Kier alpha value is -3.02. The number of rotatable bonds is 4. The molecule has 256 valence electrons. The Morgan fingerprint density at radius 1 is 1.09 bits per heavy atom. The molecule has 10 nitrogen and oxygen atoms in total. The van der Waals surface area contributed by atoms with Crippen LogP contribution >= 0.6 is 0 Å². The zero-order valence-electron chi connectivity index (χ0n) is 28.7. The Labute approximate surface area is 272 Å². The standard InChI is InChI=1S/C35H51FN2O8/c1-10-28-35(9,42)31-23(4)29(37-25(6)39)21(2)18-33(7,24(5)22(3)30(40)34(8,36)32(41)46-28)44-20-27(16-17-43-31)38-45-19-26-14-12-11-13-15-26/h11-15,21-24,28,31,42H,10,16-20H2,1-9H3/b37-29+,38-27+/t21-,22-,23+,24-,28-,31-,33-,34+,35-/m1/s1. The van der Waals surface area contributed by atoms with Gasteiger partial charge in [0.2, 0.25) is 5.91 Å². The van der Waals surface area contributed by atoms with Crippen LogP contribution in [0.1, 0.15) is 87.1 Å². The zero-order valence-corrected chi connectivity index (χ0v) is 28.7. The maximum absolute atomic E-state index is 16.1. The van der Waals surface area contributed by atoms with Crippen LogP contribution in [-0.2, 0) is 40.0 Å². The van der Waals surface area contributed by atoms with Crippen molar-refractivity contribution in [2.45, 2.75) is 117 Å². The topological polar surface area (TPSA) is 133 Å². The summed E-state index contributed by atoms with van der Waals surface area (Å²) in [6.07, 6.45) is -1.66. The minimum atomic E-state index is -2.98. The predicted octanol–water partition coefficient (Wildman–Crippen LogP) is 5.43. The lowest BCUT2D eigenvalue weighted by atomic mass is 9.70.